The first-order valence-corrected chi connectivity index (χ1v) is 4.38. The lowest BCUT2D eigenvalue weighted by molar-refractivity contribution is 0.157. The molecule has 1 aliphatic rings. The van der Waals surface area contributed by atoms with Gasteiger partial charge in [-0.1, -0.05) is 19.8 Å². The molecule has 0 aromatic carbocycles. The van der Waals surface area contributed by atoms with E-state index in [1.165, 1.54) is 19.5 Å². The molecule has 0 aromatic rings. The lowest BCUT2D eigenvalue weighted by Gasteiger charge is -2.33. The average Bonchev–Trinajstić information content (AvgIpc) is 1.85. The Morgan fingerprint density at radius 1 is 1.36 bits per heavy atom. The van der Waals surface area contributed by atoms with Crippen LogP contribution in [0, 0.1) is 24.2 Å². The SMILES string of the molecule is C#CCN1C[C@H](C)C[C@@H](C)C1. The van der Waals surface area contributed by atoms with Crippen LogP contribution in [0.15, 0.2) is 0 Å². The van der Waals surface area contributed by atoms with Crippen molar-refractivity contribution in [2.45, 2.75) is 20.3 Å². The molecular weight excluding hydrogens is 134 g/mol. The number of likely N-dealkylation sites (tertiary alicyclic amines) is 1. The van der Waals surface area contributed by atoms with Crippen molar-refractivity contribution >= 4 is 0 Å². The first kappa shape index (κ1) is 8.62. The van der Waals surface area contributed by atoms with Crippen LogP contribution in [0.2, 0.25) is 0 Å². The first-order valence-electron chi connectivity index (χ1n) is 4.38. The summed E-state index contributed by atoms with van der Waals surface area (Å²) in [7, 11) is 0. The fourth-order valence-electron chi connectivity index (χ4n) is 2.05. The molecule has 1 fully saturated rings. The second-order valence-electron chi connectivity index (χ2n) is 3.84. The molecule has 0 unspecified atom stereocenters. The van der Waals surface area contributed by atoms with E-state index in [4.69, 9.17) is 6.42 Å². The second-order valence-corrected chi connectivity index (χ2v) is 3.84. The predicted octanol–water partition coefficient (Wildman–Crippen LogP) is 1.60. The van der Waals surface area contributed by atoms with Crippen LogP contribution in [0.4, 0.5) is 0 Å². The van der Waals surface area contributed by atoms with Crippen LogP contribution in [0.3, 0.4) is 0 Å². The number of hydrogen-bond acceptors (Lipinski definition) is 1. The van der Waals surface area contributed by atoms with Crippen molar-refractivity contribution in [3.8, 4) is 12.3 Å². The van der Waals surface area contributed by atoms with E-state index in [0.29, 0.717) is 0 Å². The Bertz CT molecular complexity index is 147. The van der Waals surface area contributed by atoms with Gasteiger partial charge in [-0.3, -0.25) is 4.90 Å². The molecule has 1 saturated heterocycles. The van der Waals surface area contributed by atoms with Gasteiger partial charge in [-0.05, 0) is 18.3 Å². The molecule has 62 valence electrons. The van der Waals surface area contributed by atoms with E-state index in [9.17, 15) is 0 Å². The van der Waals surface area contributed by atoms with Gasteiger partial charge in [0.15, 0.2) is 0 Å². The molecule has 1 rings (SSSR count). The van der Waals surface area contributed by atoms with Gasteiger partial charge in [0.25, 0.3) is 0 Å². The Labute approximate surface area is 69.8 Å². The summed E-state index contributed by atoms with van der Waals surface area (Å²) in [6, 6.07) is 0. The summed E-state index contributed by atoms with van der Waals surface area (Å²) in [5.41, 5.74) is 0. The quantitative estimate of drug-likeness (QED) is 0.514. The van der Waals surface area contributed by atoms with Gasteiger partial charge in [0, 0.05) is 13.1 Å². The molecule has 1 aliphatic heterocycles. The van der Waals surface area contributed by atoms with Crippen molar-refractivity contribution in [3.05, 3.63) is 0 Å². The van der Waals surface area contributed by atoms with E-state index < -0.39 is 0 Å². The van der Waals surface area contributed by atoms with E-state index in [0.717, 1.165) is 18.4 Å². The molecule has 0 spiro atoms. The van der Waals surface area contributed by atoms with Crippen LogP contribution in [-0.4, -0.2) is 24.5 Å². The third-order valence-electron chi connectivity index (χ3n) is 2.26. The monoisotopic (exact) mass is 151 g/mol. The third kappa shape index (κ3) is 2.55. The van der Waals surface area contributed by atoms with Crippen molar-refractivity contribution in [1.82, 2.24) is 4.90 Å². The Balaban J connectivity index is 2.38. The molecule has 0 bridgehead atoms. The van der Waals surface area contributed by atoms with Gasteiger partial charge in [-0.2, -0.15) is 0 Å². The maximum absolute atomic E-state index is 5.26. The molecule has 1 heterocycles. The highest BCUT2D eigenvalue weighted by Crippen LogP contribution is 2.19. The minimum absolute atomic E-state index is 0.826. The van der Waals surface area contributed by atoms with Gasteiger partial charge in [0.1, 0.15) is 0 Å². The zero-order chi connectivity index (χ0) is 8.27. The number of rotatable bonds is 1. The molecule has 0 N–H and O–H groups in total. The van der Waals surface area contributed by atoms with Gasteiger partial charge >= 0.3 is 0 Å². The van der Waals surface area contributed by atoms with Crippen LogP contribution in [0.25, 0.3) is 0 Å². The topological polar surface area (TPSA) is 3.24 Å². The summed E-state index contributed by atoms with van der Waals surface area (Å²) in [6.45, 7) is 7.82. The summed E-state index contributed by atoms with van der Waals surface area (Å²) in [5, 5.41) is 0. The molecule has 0 aromatic heterocycles. The predicted molar refractivity (Wildman–Crippen MR) is 48.2 cm³/mol. The lowest BCUT2D eigenvalue weighted by atomic mass is 9.92. The molecule has 0 saturated carbocycles. The lowest BCUT2D eigenvalue weighted by Crippen LogP contribution is -2.38. The molecule has 2 atom stereocenters. The van der Waals surface area contributed by atoms with Crippen molar-refractivity contribution in [3.63, 3.8) is 0 Å². The Hall–Kier alpha value is -0.480. The van der Waals surface area contributed by atoms with Crippen LogP contribution in [-0.2, 0) is 0 Å². The molecule has 11 heavy (non-hydrogen) atoms. The zero-order valence-corrected chi connectivity index (χ0v) is 7.51. The normalized spacial score (nSPS) is 33.2. The van der Waals surface area contributed by atoms with Crippen molar-refractivity contribution in [2.24, 2.45) is 11.8 Å². The number of hydrogen-bond donors (Lipinski definition) is 0. The summed E-state index contributed by atoms with van der Waals surface area (Å²) in [6.07, 6.45) is 6.62. The standard InChI is InChI=1S/C10H17N/c1-4-5-11-7-9(2)6-10(3)8-11/h1,9-10H,5-8H2,2-3H3/t9-,10-/m1/s1. The van der Waals surface area contributed by atoms with E-state index in [1.54, 1.807) is 0 Å². The first-order chi connectivity index (χ1) is 5.22. The summed E-state index contributed by atoms with van der Waals surface area (Å²) in [5.74, 6) is 4.36. The van der Waals surface area contributed by atoms with Crippen LogP contribution >= 0.6 is 0 Å². The molecule has 0 aliphatic carbocycles. The highest BCUT2D eigenvalue weighted by molar-refractivity contribution is 4.90. The number of terminal acetylenes is 1. The molecule has 1 nitrogen and oxygen atoms in total. The van der Waals surface area contributed by atoms with Crippen molar-refractivity contribution < 1.29 is 0 Å². The highest BCUT2D eigenvalue weighted by atomic mass is 15.1. The number of nitrogens with zero attached hydrogens (tertiary/aromatic N) is 1. The highest BCUT2D eigenvalue weighted by Gasteiger charge is 2.20. The van der Waals surface area contributed by atoms with Crippen LogP contribution in [0.1, 0.15) is 20.3 Å². The van der Waals surface area contributed by atoms with Gasteiger partial charge in [-0.15, -0.1) is 6.42 Å². The van der Waals surface area contributed by atoms with Gasteiger partial charge < -0.3 is 0 Å². The summed E-state index contributed by atoms with van der Waals surface area (Å²) >= 11 is 0. The van der Waals surface area contributed by atoms with E-state index in [2.05, 4.69) is 24.7 Å². The average molecular weight is 151 g/mol. The summed E-state index contributed by atoms with van der Waals surface area (Å²) in [4.78, 5) is 2.37. The second kappa shape index (κ2) is 3.78. The molecule has 0 amide bonds. The fraction of sp³-hybridized carbons (Fsp3) is 0.800. The van der Waals surface area contributed by atoms with Gasteiger partial charge in [0.05, 0.1) is 6.54 Å². The Morgan fingerprint density at radius 3 is 2.36 bits per heavy atom. The maximum Gasteiger partial charge on any atom is 0.0599 e. The minimum atomic E-state index is 0.826. The van der Waals surface area contributed by atoms with E-state index >= 15 is 0 Å². The van der Waals surface area contributed by atoms with Crippen molar-refractivity contribution in [2.75, 3.05) is 19.6 Å². The molecule has 1 heteroatoms. The van der Waals surface area contributed by atoms with Crippen molar-refractivity contribution in [1.29, 1.82) is 0 Å². The minimum Gasteiger partial charge on any atom is -0.292 e. The Morgan fingerprint density at radius 2 is 1.91 bits per heavy atom. The molecular formula is C10H17N. The smallest absolute Gasteiger partial charge is 0.0599 e. The largest absolute Gasteiger partial charge is 0.292 e. The Kier molecular flexibility index (Phi) is 2.96. The number of piperidine rings is 1. The van der Waals surface area contributed by atoms with Crippen LogP contribution < -0.4 is 0 Å². The van der Waals surface area contributed by atoms with E-state index in [-0.39, 0.29) is 0 Å². The van der Waals surface area contributed by atoms with Gasteiger partial charge in [-0.25, -0.2) is 0 Å². The molecule has 0 radical (unpaired) electrons. The van der Waals surface area contributed by atoms with E-state index in [1.807, 2.05) is 0 Å². The summed E-state index contributed by atoms with van der Waals surface area (Å²) < 4.78 is 0. The third-order valence-corrected chi connectivity index (χ3v) is 2.26. The fourth-order valence-corrected chi connectivity index (χ4v) is 2.05. The van der Waals surface area contributed by atoms with Crippen LogP contribution in [0.5, 0.6) is 0 Å². The maximum atomic E-state index is 5.26. The van der Waals surface area contributed by atoms with Gasteiger partial charge in [0.2, 0.25) is 0 Å². The zero-order valence-electron chi connectivity index (χ0n) is 7.51.